The molecule has 0 amide bonds. The molecule has 1 atom stereocenters. The molecule has 0 aliphatic rings. The van der Waals surface area contributed by atoms with Crippen molar-refractivity contribution in [3.8, 4) is 0 Å². The Morgan fingerprint density at radius 2 is 1.90 bits per heavy atom. The molecule has 21 heavy (non-hydrogen) atoms. The van der Waals surface area contributed by atoms with Crippen LogP contribution in [-0.2, 0) is 32.2 Å². The molecule has 0 bridgehead atoms. The molecule has 1 heterocycles. The first kappa shape index (κ1) is 17.2. The van der Waals surface area contributed by atoms with E-state index in [2.05, 4.69) is 20.9 Å². The maximum absolute atomic E-state index is 11.9. The summed E-state index contributed by atoms with van der Waals surface area (Å²) in [7, 11) is 0. The first-order valence-electron chi connectivity index (χ1n) is 6.04. The first-order chi connectivity index (χ1) is 9.72. The highest BCUT2D eigenvalue weighted by molar-refractivity contribution is 9.10. The predicted molar refractivity (Wildman–Crippen MR) is 75.7 cm³/mol. The molecule has 0 fully saturated rings. The van der Waals surface area contributed by atoms with Crippen molar-refractivity contribution in [1.29, 1.82) is 0 Å². The minimum absolute atomic E-state index is 0.0182. The Bertz CT molecular complexity index is 663. The smallest absolute Gasteiger partial charge is 0.328 e. The lowest BCUT2D eigenvalue weighted by molar-refractivity contribution is -0.146. The second-order valence-corrected chi connectivity index (χ2v) is 5.12. The fraction of sp³-hybridized carbons (Fsp3) is 0.500. The number of hydrogen-bond acceptors (Lipinski definition) is 6. The van der Waals surface area contributed by atoms with Gasteiger partial charge in [0.1, 0.15) is 17.2 Å². The normalized spacial score (nSPS) is 11.8. The fourth-order valence-corrected chi connectivity index (χ4v) is 2.10. The van der Waals surface area contributed by atoms with Crippen molar-refractivity contribution < 1.29 is 19.1 Å². The van der Waals surface area contributed by atoms with E-state index in [1.807, 2.05) is 0 Å². The van der Waals surface area contributed by atoms with Crippen LogP contribution in [0, 0.1) is 0 Å². The number of nitrogens with zero attached hydrogens (tertiary/aromatic N) is 1. The van der Waals surface area contributed by atoms with E-state index >= 15 is 0 Å². The minimum Gasteiger partial charge on any atom is -0.461 e. The van der Waals surface area contributed by atoms with Gasteiger partial charge in [0.05, 0.1) is 12.2 Å². The molecule has 9 heteroatoms. The maximum atomic E-state index is 11.9. The van der Waals surface area contributed by atoms with Crippen LogP contribution < -0.4 is 11.2 Å². The zero-order valence-electron chi connectivity index (χ0n) is 11.8. The molecule has 1 rings (SSSR count). The Hall–Kier alpha value is -1.90. The van der Waals surface area contributed by atoms with E-state index in [0.29, 0.717) is 0 Å². The van der Waals surface area contributed by atoms with Crippen molar-refractivity contribution in [2.45, 2.75) is 40.0 Å². The molecule has 1 aromatic rings. The van der Waals surface area contributed by atoms with E-state index in [9.17, 15) is 19.2 Å². The van der Waals surface area contributed by atoms with Gasteiger partial charge in [-0.2, -0.15) is 0 Å². The molecule has 0 spiro atoms. The molecule has 8 nitrogen and oxygen atoms in total. The van der Waals surface area contributed by atoms with Crippen molar-refractivity contribution in [3.05, 3.63) is 31.0 Å². The fourth-order valence-electron chi connectivity index (χ4n) is 1.67. The molecule has 1 unspecified atom stereocenters. The molecule has 0 aliphatic carbocycles. The molecule has 0 radical (unpaired) electrons. The van der Waals surface area contributed by atoms with Gasteiger partial charge in [0, 0.05) is 13.8 Å². The largest absolute Gasteiger partial charge is 0.461 e. The van der Waals surface area contributed by atoms with Crippen LogP contribution in [0.3, 0.4) is 0 Å². The summed E-state index contributed by atoms with van der Waals surface area (Å²) in [5.41, 5.74) is -1.11. The van der Waals surface area contributed by atoms with Gasteiger partial charge in [0.15, 0.2) is 0 Å². The van der Waals surface area contributed by atoms with Crippen LogP contribution in [0.15, 0.2) is 14.1 Å². The van der Waals surface area contributed by atoms with Crippen molar-refractivity contribution in [3.63, 3.8) is 0 Å². The molecule has 0 aromatic carbocycles. The van der Waals surface area contributed by atoms with Crippen LogP contribution in [0.2, 0.25) is 0 Å². The third kappa shape index (κ3) is 4.85. The topological polar surface area (TPSA) is 107 Å². The number of halogens is 1. The standard InChI is InChI=1S/C12H15BrN2O6/c1-6(21-8(3)17)4-15-9(5-20-7(2)16)10(13)11(18)14-12(15)19/h6H,4-5H2,1-3H3,(H,14,18,19). The molecule has 0 saturated heterocycles. The van der Waals surface area contributed by atoms with Gasteiger partial charge >= 0.3 is 17.6 Å². The molecular formula is C12H15BrN2O6. The van der Waals surface area contributed by atoms with E-state index < -0.39 is 29.3 Å². The highest BCUT2D eigenvalue weighted by atomic mass is 79.9. The lowest BCUT2D eigenvalue weighted by atomic mass is 10.3. The summed E-state index contributed by atoms with van der Waals surface area (Å²) in [6, 6.07) is 0. The summed E-state index contributed by atoms with van der Waals surface area (Å²) in [5.74, 6) is -1.03. The second-order valence-electron chi connectivity index (χ2n) is 4.33. The average Bonchev–Trinajstić information content (AvgIpc) is 2.34. The van der Waals surface area contributed by atoms with Crippen LogP contribution in [0.4, 0.5) is 0 Å². The number of rotatable bonds is 5. The average molecular weight is 363 g/mol. The number of hydrogen-bond donors (Lipinski definition) is 1. The van der Waals surface area contributed by atoms with Crippen LogP contribution in [-0.4, -0.2) is 27.6 Å². The van der Waals surface area contributed by atoms with Crippen LogP contribution in [0.25, 0.3) is 0 Å². The number of esters is 2. The first-order valence-corrected chi connectivity index (χ1v) is 6.83. The van der Waals surface area contributed by atoms with Crippen molar-refractivity contribution in [1.82, 2.24) is 9.55 Å². The van der Waals surface area contributed by atoms with E-state index in [-0.39, 0.29) is 23.3 Å². The third-order valence-electron chi connectivity index (χ3n) is 2.46. The molecule has 0 aliphatic heterocycles. The van der Waals surface area contributed by atoms with Gasteiger partial charge in [-0.15, -0.1) is 0 Å². The van der Waals surface area contributed by atoms with E-state index in [0.717, 1.165) is 0 Å². The van der Waals surface area contributed by atoms with Gasteiger partial charge in [-0.3, -0.25) is 23.9 Å². The Balaban J connectivity index is 3.19. The number of aromatic nitrogens is 2. The number of aromatic amines is 1. The zero-order valence-corrected chi connectivity index (χ0v) is 13.4. The minimum atomic E-state index is -0.677. The molecule has 1 aromatic heterocycles. The number of nitrogens with one attached hydrogen (secondary N) is 1. The van der Waals surface area contributed by atoms with E-state index in [1.54, 1.807) is 6.92 Å². The quantitative estimate of drug-likeness (QED) is 0.755. The van der Waals surface area contributed by atoms with E-state index in [4.69, 9.17) is 9.47 Å². The van der Waals surface area contributed by atoms with Gasteiger partial charge in [0.25, 0.3) is 5.56 Å². The van der Waals surface area contributed by atoms with Gasteiger partial charge in [-0.05, 0) is 22.9 Å². The van der Waals surface area contributed by atoms with Crippen LogP contribution >= 0.6 is 15.9 Å². The molecular weight excluding hydrogens is 348 g/mol. The zero-order chi connectivity index (χ0) is 16.2. The summed E-state index contributed by atoms with van der Waals surface area (Å²) >= 11 is 3.05. The summed E-state index contributed by atoms with van der Waals surface area (Å²) in [6.07, 6.45) is -0.589. The monoisotopic (exact) mass is 362 g/mol. The number of carbonyl (C=O) groups excluding carboxylic acids is 2. The molecule has 1 N–H and O–H groups in total. The summed E-state index contributed by atoms with van der Waals surface area (Å²) in [6.45, 7) is 3.83. The van der Waals surface area contributed by atoms with Gasteiger partial charge < -0.3 is 9.47 Å². The lowest BCUT2D eigenvalue weighted by Crippen LogP contribution is -2.37. The summed E-state index contributed by atoms with van der Waals surface area (Å²) < 4.78 is 11.0. The van der Waals surface area contributed by atoms with Gasteiger partial charge in [-0.25, -0.2) is 4.79 Å². The van der Waals surface area contributed by atoms with E-state index in [1.165, 1.54) is 18.4 Å². The second kappa shape index (κ2) is 7.21. The summed E-state index contributed by atoms with van der Waals surface area (Å²) in [5, 5.41) is 0. The molecule has 116 valence electrons. The van der Waals surface area contributed by atoms with Crippen molar-refractivity contribution in [2.24, 2.45) is 0 Å². The SMILES string of the molecule is CC(=O)OCc1c(Br)c(=O)[nH]c(=O)n1CC(C)OC(C)=O. The highest BCUT2D eigenvalue weighted by Gasteiger charge is 2.17. The Morgan fingerprint density at radius 1 is 1.29 bits per heavy atom. The Kier molecular flexibility index (Phi) is 5.89. The van der Waals surface area contributed by atoms with Crippen molar-refractivity contribution in [2.75, 3.05) is 0 Å². The van der Waals surface area contributed by atoms with Crippen LogP contribution in [0.5, 0.6) is 0 Å². The Morgan fingerprint density at radius 3 is 2.43 bits per heavy atom. The molecule has 0 saturated carbocycles. The summed E-state index contributed by atoms with van der Waals surface area (Å²) in [4.78, 5) is 47.4. The predicted octanol–water partition coefficient (Wildman–Crippen LogP) is 0.314. The van der Waals surface area contributed by atoms with Crippen molar-refractivity contribution >= 4 is 27.9 Å². The number of carbonyl (C=O) groups is 2. The number of H-pyrrole nitrogens is 1. The maximum Gasteiger partial charge on any atom is 0.328 e. The van der Waals surface area contributed by atoms with Gasteiger partial charge in [0.2, 0.25) is 0 Å². The van der Waals surface area contributed by atoms with Crippen LogP contribution in [0.1, 0.15) is 26.5 Å². The lowest BCUT2D eigenvalue weighted by Gasteiger charge is -2.17. The Labute approximate surface area is 128 Å². The van der Waals surface area contributed by atoms with Gasteiger partial charge in [-0.1, -0.05) is 0 Å². The number of ether oxygens (including phenoxy) is 2. The highest BCUT2D eigenvalue weighted by Crippen LogP contribution is 2.12. The third-order valence-corrected chi connectivity index (χ3v) is 3.28.